The summed E-state index contributed by atoms with van der Waals surface area (Å²) < 4.78 is 0. The highest BCUT2D eigenvalue weighted by molar-refractivity contribution is 6.00. The normalized spacial score (nSPS) is 12.7. The number of aromatic nitrogens is 3. The van der Waals surface area contributed by atoms with Crippen LogP contribution < -0.4 is 4.90 Å². The van der Waals surface area contributed by atoms with Crippen LogP contribution in [0.25, 0.3) is 89.8 Å². The first-order valence-corrected chi connectivity index (χ1v) is 25.3. The van der Waals surface area contributed by atoms with Crippen LogP contribution in [0, 0.1) is 0 Å². The van der Waals surface area contributed by atoms with E-state index in [1.54, 1.807) is 0 Å². The van der Waals surface area contributed by atoms with Crippen molar-refractivity contribution in [3.63, 3.8) is 0 Å². The fourth-order valence-corrected chi connectivity index (χ4v) is 11.6. The lowest BCUT2D eigenvalue weighted by Gasteiger charge is -2.45. The number of para-hydroxylation sites is 3. The van der Waals surface area contributed by atoms with Crippen molar-refractivity contribution in [3.05, 3.63) is 301 Å². The van der Waals surface area contributed by atoms with Crippen LogP contribution in [0.4, 0.5) is 17.1 Å². The zero-order valence-electron chi connectivity index (χ0n) is 40.3. The Morgan fingerprint density at radius 3 is 1.12 bits per heavy atom. The van der Waals surface area contributed by atoms with E-state index in [-0.39, 0.29) is 0 Å². The molecule has 1 aliphatic carbocycles. The number of hydrogen-bond donors (Lipinski definition) is 0. The highest BCUT2D eigenvalue weighted by Crippen LogP contribution is 2.64. The standard InChI is InChI=1S/C70H46N4/c1-5-18-47(19-6-1)49-32-34-51(35-33-49)52-36-38-53(39-37-52)56-44-45-60-59(46-56)66-58(69-72-67(54-22-9-3-10-23-54)71-68(73-69)55-42-40-50(41-43-55)48-20-7-2-8-21-48)26-17-29-63(66)70(60)61-27-13-15-30-64(61)74(57-24-11-4-12-25-57)65-31-16-14-28-62(65)70/h1-46H. The zero-order valence-corrected chi connectivity index (χ0v) is 40.3. The summed E-state index contributed by atoms with van der Waals surface area (Å²) in [6.07, 6.45) is 0. The third-order valence-corrected chi connectivity index (χ3v) is 15.0. The van der Waals surface area contributed by atoms with Crippen LogP contribution in [0.5, 0.6) is 0 Å². The first-order chi connectivity index (χ1) is 36.7. The van der Waals surface area contributed by atoms with Crippen LogP contribution in [0.2, 0.25) is 0 Å². The summed E-state index contributed by atoms with van der Waals surface area (Å²) >= 11 is 0. The fourth-order valence-electron chi connectivity index (χ4n) is 11.6. The molecule has 0 saturated carbocycles. The molecule has 1 aliphatic heterocycles. The zero-order chi connectivity index (χ0) is 49.0. The van der Waals surface area contributed by atoms with E-state index in [0.29, 0.717) is 17.5 Å². The number of anilines is 3. The number of hydrogen-bond acceptors (Lipinski definition) is 4. The maximum atomic E-state index is 5.44. The third kappa shape index (κ3) is 7.10. The van der Waals surface area contributed by atoms with E-state index in [1.807, 2.05) is 24.3 Å². The fraction of sp³-hybridized carbons (Fsp3) is 0.0143. The second-order valence-corrected chi connectivity index (χ2v) is 19.1. The molecule has 0 saturated heterocycles. The largest absolute Gasteiger partial charge is 0.310 e. The molecule has 0 amide bonds. The van der Waals surface area contributed by atoms with Crippen molar-refractivity contribution in [1.29, 1.82) is 0 Å². The van der Waals surface area contributed by atoms with E-state index in [1.165, 1.54) is 44.5 Å². The van der Waals surface area contributed by atoms with Crippen molar-refractivity contribution in [1.82, 2.24) is 15.0 Å². The predicted molar refractivity (Wildman–Crippen MR) is 303 cm³/mol. The predicted octanol–water partition coefficient (Wildman–Crippen LogP) is 17.7. The average Bonchev–Trinajstić information content (AvgIpc) is 3.80. The number of rotatable bonds is 8. The van der Waals surface area contributed by atoms with Crippen molar-refractivity contribution in [2.45, 2.75) is 5.41 Å². The van der Waals surface area contributed by atoms with Crippen LogP contribution in [0.1, 0.15) is 22.3 Å². The van der Waals surface area contributed by atoms with Gasteiger partial charge in [0.1, 0.15) is 0 Å². The van der Waals surface area contributed by atoms with E-state index >= 15 is 0 Å². The maximum absolute atomic E-state index is 5.44. The van der Waals surface area contributed by atoms with Crippen LogP contribution in [-0.2, 0) is 5.41 Å². The molecule has 12 aromatic rings. The molecule has 0 atom stereocenters. The summed E-state index contributed by atoms with van der Waals surface area (Å²) in [5.74, 6) is 1.87. The first-order valence-electron chi connectivity index (χ1n) is 25.3. The second-order valence-electron chi connectivity index (χ2n) is 19.1. The van der Waals surface area contributed by atoms with Gasteiger partial charge < -0.3 is 4.90 Å². The van der Waals surface area contributed by atoms with Crippen LogP contribution in [-0.4, -0.2) is 15.0 Å². The third-order valence-electron chi connectivity index (χ3n) is 15.0. The smallest absolute Gasteiger partial charge is 0.164 e. The molecule has 14 rings (SSSR count). The van der Waals surface area contributed by atoms with Gasteiger partial charge in [-0.25, -0.2) is 15.0 Å². The minimum atomic E-state index is -0.682. The Bertz CT molecular complexity index is 3980. The van der Waals surface area contributed by atoms with Gasteiger partial charge in [-0.1, -0.05) is 249 Å². The Kier molecular flexibility index (Phi) is 10.4. The minimum Gasteiger partial charge on any atom is -0.310 e. The van der Waals surface area contributed by atoms with Gasteiger partial charge >= 0.3 is 0 Å². The number of nitrogens with zero attached hydrogens (tertiary/aromatic N) is 4. The molecule has 0 radical (unpaired) electrons. The van der Waals surface area contributed by atoms with Crippen molar-refractivity contribution in [2.75, 3.05) is 4.90 Å². The van der Waals surface area contributed by atoms with Gasteiger partial charge in [0.05, 0.1) is 16.8 Å². The molecular weight excluding hydrogens is 897 g/mol. The Labute approximate surface area is 431 Å². The summed E-state index contributed by atoms with van der Waals surface area (Å²) in [4.78, 5) is 18.5. The van der Waals surface area contributed by atoms with Gasteiger partial charge in [0.15, 0.2) is 17.5 Å². The Balaban J connectivity index is 0.973. The van der Waals surface area contributed by atoms with Gasteiger partial charge in [-0.2, -0.15) is 0 Å². The molecule has 2 heterocycles. The quantitative estimate of drug-likeness (QED) is 0.152. The highest BCUT2D eigenvalue weighted by atomic mass is 15.2. The summed E-state index contributed by atoms with van der Waals surface area (Å²) in [6.45, 7) is 0. The number of benzene rings is 11. The van der Waals surface area contributed by atoms with Crippen LogP contribution >= 0.6 is 0 Å². The molecule has 4 nitrogen and oxygen atoms in total. The maximum Gasteiger partial charge on any atom is 0.164 e. The topological polar surface area (TPSA) is 41.9 Å². The summed E-state index contributed by atoms with van der Waals surface area (Å²) in [7, 11) is 0. The molecule has 2 aliphatic rings. The monoisotopic (exact) mass is 942 g/mol. The molecular formula is C70H46N4. The molecule has 0 fully saturated rings. The van der Waals surface area contributed by atoms with Crippen molar-refractivity contribution < 1.29 is 0 Å². The molecule has 0 unspecified atom stereocenters. The Morgan fingerprint density at radius 2 is 0.608 bits per heavy atom. The molecule has 0 bridgehead atoms. The van der Waals surface area contributed by atoms with E-state index in [2.05, 4.69) is 260 Å². The molecule has 4 heteroatoms. The molecule has 346 valence electrons. The van der Waals surface area contributed by atoms with Gasteiger partial charge in [0.2, 0.25) is 0 Å². The first kappa shape index (κ1) is 43.1. The molecule has 1 aromatic heterocycles. The lowest BCUT2D eigenvalue weighted by molar-refractivity contribution is 0.753. The minimum absolute atomic E-state index is 0.620. The van der Waals surface area contributed by atoms with Crippen LogP contribution in [0.15, 0.2) is 279 Å². The van der Waals surface area contributed by atoms with Gasteiger partial charge in [0.25, 0.3) is 0 Å². The Morgan fingerprint density at radius 1 is 0.243 bits per heavy atom. The van der Waals surface area contributed by atoms with E-state index in [0.717, 1.165) is 67.1 Å². The molecule has 1 spiro atoms. The summed E-state index contributed by atoms with van der Waals surface area (Å²) in [5, 5.41) is 0. The Hall–Kier alpha value is -9.77. The SMILES string of the molecule is c1ccc(-c2ccc(-c3ccc(-c4ccc5c(c4)-c4c(-c6nc(-c7ccccc7)nc(-c7ccc(-c8ccccc8)cc7)n6)cccc4C54c5ccccc5N(c5ccccc5)c5ccccc54)cc3)cc2)cc1. The number of fused-ring (bicyclic) bond motifs is 9. The van der Waals surface area contributed by atoms with Gasteiger partial charge in [-0.15, -0.1) is 0 Å². The molecule has 74 heavy (non-hydrogen) atoms. The average molecular weight is 943 g/mol. The van der Waals surface area contributed by atoms with Gasteiger partial charge in [-0.05, 0) is 108 Å². The van der Waals surface area contributed by atoms with Gasteiger partial charge in [0, 0.05) is 22.4 Å². The molecule has 11 aromatic carbocycles. The summed E-state index contributed by atoms with van der Waals surface area (Å²) in [5.41, 5.74) is 22.0. The molecule has 0 N–H and O–H groups in total. The second kappa shape index (κ2) is 17.8. The summed E-state index contributed by atoms with van der Waals surface area (Å²) in [6, 6.07) is 100. The van der Waals surface area contributed by atoms with Crippen molar-refractivity contribution >= 4 is 17.1 Å². The van der Waals surface area contributed by atoms with Crippen molar-refractivity contribution in [3.8, 4) is 89.8 Å². The van der Waals surface area contributed by atoms with Gasteiger partial charge in [-0.3, -0.25) is 0 Å². The lowest BCUT2D eigenvalue weighted by atomic mass is 9.64. The highest BCUT2D eigenvalue weighted by Gasteiger charge is 2.52. The van der Waals surface area contributed by atoms with E-state index in [4.69, 9.17) is 15.0 Å². The lowest BCUT2D eigenvalue weighted by Crippen LogP contribution is -2.36. The van der Waals surface area contributed by atoms with E-state index in [9.17, 15) is 0 Å². The van der Waals surface area contributed by atoms with Crippen molar-refractivity contribution in [2.24, 2.45) is 0 Å². The van der Waals surface area contributed by atoms with E-state index < -0.39 is 5.41 Å². The van der Waals surface area contributed by atoms with Crippen LogP contribution in [0.3, 0.4) is 0 Å².